The molecule has 2 rings (SSSR count). The number of carbonyl (C=O) groups is 1. The molecule has 2 N–H and O–H groups in total. The number of amidine groups is 1. The van der Waals surface area contributed by atoms with Crippen molar-refractivity contribution >= 4 is 40.2 Å². The van der Waals surface area contributed by atoms with Gasteiger partial charge >= 0.3 is 5.97 Å². The molecule has 0 saturated carbocycles. The molecule has 0 atom stereocenters. The van der Waals surface area contributed by atoms with Crippen molar-refractivity contribution in [3.8, 4) is 6.19 Å². The average Bonchev–Trinajstić information content (AvgIpc) is 2.61. The van der Waals surface area contributed by atoms with Gasteiger partial charge in [0.2, 0.25) is 0 Å². The van der Waals surface area contributed by atoms with Crippen LogP contribution < -0.4 is 5.32 Å². The highest BCUT2D eigenvalue weighted by atomic mass is 32.2. The summed E-state index contributed by atoms with van der Waals surface area (Å²) in [5.41, 5.74) is 2.31. The first kappa shape index (κ1) is 17.3. The summed E-state index contributed by atoms with van der Waals surface area (Å²) in [6, 6.07) is 16.1. The largest absolute Gasteiger partial charge is 0.478 e. The molecule has 0 spiro atoms. The van der Waals surface area contributed by atoms with Gasteiger partial charge in [0.1, 0.15) is 0 Å². The zero-order valence-corrected chi connectivity index (χ0v) is 13.7. The van der Waals surface area contributed by atoms with Crippen molar-refractivity contribution in [1.82, 2.24) is 5.32 Å². The number of nitrogens with zero attached hydrogens (tertiary/aromatic N) is 2. The molecule has 5 nitrogen and oxygen atoms in total. The summed E-state index contributed by atoms with van der Waals surface area (Å²) in [4.78, 5) is 15.8. The van der Waals surface area contributed by atoms with Crippen LogP contribution >= 0.6 is 11.8 Å². The number of thioether (sulfide) groups is 1. The van der Waals surface area contributed by atoms with E-state index in [2.05, 4.69) is 10.3 Å². The van der Waals surface area contributed by atoms with Crippen LogP contribution in [-0.4, -0.2) is 22.5 Å². The first-order chi connectivity index (χ1) is 11.6. The van der Waals surface area contributed by atoms with E-state index in [9.17, 15) is 9.90 Å². The second-order valence-electron chi connectivity index (χ2n) is 4.68. The van der Waals surface area contributed by atoms with Gasteiger partial charge in [0.15, 0.2) is 11.4 Å². The molecule has 120 valence electrons. The molecule has 0 aliphatic heterocycles. The maximum absolute atomic E-state index is 11.5. The fourth-order valence-corrected chi connectivity index (χ4v) is 2.33. The number of hydrogen-bond acceptors (Lipinski definition) is 4. The molecular formula is C18H15N3O2S. The summed E-state index contributed by atoms with van der Waals surface area (Å²) in [6.07, 6.45) is 5.27. The number of aliphatic imine (C=N–C) groups is 1. The van der Waals surface area contributed by atoms with Gasteiger partial charge in [-0.15, -0.1) is 0 Å². The van der Waals surface area contributed by atoms with E-state index in [0.717, 1.165) is 5.56 Å². The van der Waals surface area contributed by atoms with Gasteiger partial charge < -0.3 is 5.11 Å². The molecule has 0 saturated heterocycles. The Hall–Kier alpha value is -3.04. The van der Waals surface area contributed by atoms with Gasteiger partial charge in [-0.2, -0.15) is 5.26 Å². The molecule has 0 aliphatic rings. The lowest BCUT2D eigenvalue weighted by molar-refractivity contribution is -0.130. The molecular weight excluding hydrogens is 322 g/mol. The monoisotopic (exact) mass is 337 g/mol. The first-order valence-electron chi connectivity index (χ1n) is 7.02. The van der Waals surface area contributed by atoms with Crippen LogP contribution in [0.5, 0.6) is 0 Å². The molecule has 0 bridgehead atoms. The molecule has 2 aromatic carbocycles. The summed E-state index contributed by atoms with van der Waals surface area (Å²) < 4.78 is 0. The minimum Gasteiger partial charge on any atom is -0.478 e. The van der Waals surface area contributed by atoms with Crippen molar-refractivity contribution in [1.29, 1.82) is 5.26 Å². The SMILES string of the molecule is CSC(=Nc1ccc(C=C(C(=O)O)c2ccccc2)cc1)NC#N. The van der Waals surface area contributed by atoms with Crippen molar-refractivity contribution in [3.05, 3.63) is 65.7 Å². The quantitative estimate of drug-likeness (QED) is 0.222. The zero-order chi connectivity index (χ0) is 17.4. The number of benzene rings is 2. The number of hydrogen-bond donors (Lipinski definition) is 2. The second kappa shape index (κ2) is 8.56. The molecule has 0 fully saturated rings. The van der Waals surface area contributed by atoms with Crippen molar-refractivity contribution < 1.29 is 9.90 Å². The lowest BCUT2D eigenvalue weighted by Crippen LogP contribution is -2.12. The third-order valence-electron chi connectivity index (χ3n) is 3.11. The van der Waals surface area contributed by atoms with E-state index >= 15 is 0 Å². The van der Waals surface area contributed by atoms with E-state index < -0.39 is 5.97 Å². The van der Waals surface area contributed by atoms with Crippen LogP contribution in [0.15, 0.2) is 59.6 Å². The molecule has 0 aliphatic carbocycles. The smallest absolute Gasteiger partial charge is 0.336 e. The van der Waals surface area contributed by atoms with Gasteiger partial charge in [-0.3, -0.25) is 5.32 Å². The van der Waals surface area contributed by atoms with Gasteiger partial charge in [-0.05, 0) is 35.6 Å². The zero-order valence-electron chi connectivity index (χ0n) is 12.9. The van der Waals surface area contributed by atoms with Crippen molar-refractivity contribution in [2.45, 2.75) is 0 Å². The number of carboxylic acids is 1. The summed E-state index contributed by atoms with van der Waals surface area (Å²) in [6.45, 7) is 0. The Labute approximate surface area is 144 Å². The van der Waals surface area contributed by atoms with E-state index in [1.165, 1.54) is 11.8 Å². The molecule has 0 radical (unpaired) electrons. The van der Waals surface area contributed by atoms with E-state index in [-0.39, 0.29) is 5.57 Å². The Balaban J connectivity index is 2.30. The highest BCUT2D eigenvalue weighted by Gasteiger charge is 2.09. The van der Waals surface area contributed by atoms with E-state index in [4.69, 9.17) is 5.26 Å². The number of rotatable bonds is 4. The number of nitrogens with one attached hydrogen (secondary N) is 1. The van der Waals surface area contributed by atoms with Crippen LogP contribution in [0.25, 0.3) is 11.6 Å². The van der Waals surface area contributed by atoms with Crippen LogP contribution in [0.2, 0.25) is 0 Å². The summed E-state index contributed by atoms with van der Waals surface area (Å²) in [7, 11) is 0. The van der Waals surface area contributed by atoms with Gasteiger partial charge in [0.05, 0.1) is 11.3 Å². The third kappa shape index (κ3) is 4.73. The standard InChI is InChI=1S/C18H15N3O2S/c1-24-18(20-12-19)21-15-9-7-13(8-10-15)11-16(17(22)23)14-5-3-2-4-6-14/h2-11H,1H3,(H,20,21)(H,22,23). The lowest BCUT2D eigenvalue weighted by Gasteiger charge is -2.04. The Morgan fingerprint density at radius 2 is 1.88 bits per heavy atom. The first-order valence-corrected chi connectivity index (χ1v) is 8.25. The Kier molecular flexibility index (Phi) is 6.17. The Morgan fingerprint density at radius 1 is 1.21 bits per heavy atom. The normalized spacial score (nSPS) is 11.7. The predicted octanol–water partition coefficient (Wildman–Crippen LogP) is 3.73. The van der Waals surface area contributed by atoms with Gasteiger partial charge in [0, 0.05) is 0 Å². The highest BCUT2D eigenvalue weighted by Crippen LogP contribution is 2.21. The fourth-order valence-electron chi connectivity index (χ4n) is 1.99. The van der Waals surface area contributed by atoms with Gasteiger partial charge in [0.25, 0.3) is 0 Å². The predicted molar refractivity (Wildman–Crippen MR) is 97.7 cm³/mol. The van der Waals surface area contributed by atoms with E-state index in [1.807, 2.05) is 18.5 Å². The minimum absolute atomic E-state index is 0.225. The average molecular weight is 337 g/mol. The van der Waals surface area contributed by atoms with E-state index in [0.29, 0.717) is 16.4 Å². The van der Waals surface area contributed by atoms with Crippen LogP contribution in [0.4, 0.5) is 5.69 Å². The Bertz CT molecular complexity index is 806. The molecule has 24 heavy (non-hydrogen) atoms. The van der Waals surface area contributed by atoms with E-state index in [1.54, 1.807) is 54.6 Å². The molecule has 0 unspecified atom stereocenters. The summed E-state index contributed by atoms with van der Waals surface area (Å²) >= 11 is 1.33. The molecule has 0 heterocycles. The van der Waals surface area contributed by atoms with Gasteiger partial charge in [-0.1, -0.05) is 54.2 Å². The number of carboxylic acid groups (broad SMARTS) is 1. The fraction of sp³-hybridized carbons (Fsp3) is 0.0556. The topological polar surface area (TPSA) is 85.5 Å². The third-order valence-corrected chi connectivity index (χ3v) is 3.69. The van der Waals surface area contributed by atoms with Crippen molar-refractivity contribution in [2.24, 2.45) is 4.99 Å². The van der Waals surface area contributed by atoms with Crippen LogP contribution in [-0.2, 0) is 4.79 Å². The second-order valence-corrected chi connectivity index (χ2v) is 5.47. The lowest BCUT2D eigenvalue weighted by atomic mass is 10.0. The van der Waals surface area contributed by atoms with Gasteiger partial charge in [-0.25, -0.2) is 9.79 Å². The van der Waals surface area contributed by atoms with Crippen molar-refractivity contribution in [3.63, 3.8) is 0 Å². The Morgan fingerprint density at radius 3 is 2.42 bits per heavy atom. The number of aliphatic carboxylic acids is 1. The number of nitriles is 1. The van der Waals surface area contributed by atoms with Crippen molar-refractivity contribution in [2.75, 3.05) is 6.26 Å². The molecule has 0 aromatic heterocycles. The minimum atomic E-state index is -0.980. The molecule has 2 aromatic rings. The van der Waals surface area contributed by atoms with Crippen LogP contribution in [0, 0.1) is 11.5 Å². The van der Waals surface area contributed by atoms with Crippen LogP contribution in [0.3, 0.4) is 0 Å². The van der Waals surface area contributed by atoms with Crippen LogP contribution in [0.1, 0.15) is 11.1 Å². The highest BCUT2D eigenvalue weighted by molar-refractivity contribution is 8.13. The molecule has 0 amide bonds. The molecule has 6 heteroatoms. The maximum atomic E-state index is 11.5. The summed E-state index contributed by atoms with van der Waals surface area (Å²) in [5, 5.41) is 21.0. The maximum Gasteiger partial charge on any atom is 0.336 e. The summed E-state index contributed by atoms with van der Waals surface area (Å²) in [5.74, 6) is -0.980.